The van der Waals surface area contributed by atoms with E-state index >= 15 is 0 Å². The fraction of sp³-hybridized carbons (Fsp3) is 1.00. The van der Waals surface area contributed by atoms with Gasteiger partial charge in [0.25, 0.3) is 0 Å². The lowest BCUT2D eigenvalue weighted by atomic mass is 10.1. The van der Waals surface area contributed by atoms with Gasteiger partial charge in [0.1, 0.15) is 0 Å². The Labute approximate surface area is 93.5 Å². The lowest BCUT2D eigenvalue weighted by Crippen LogP contribution is -2.21. The second kappa shape index (κ2) is 8.08. The van der Waals surface area contributed by atoms with Crippen LogP contribution in [0.1, 0.15) is 39.5 Å². The van der Waals surface area contributed by atoms with Crippen LogP contribution in [0.3, 0.4) is 0 Å². The number of unbranched alkanes of at least 4 members (excludes halogenated alkanes) is 1. The topological polar surface area (TPSA) is 30.5 Å². The average Bonchev–Trinajstić information content (AvgIpc) is 2.69. The first kappa shape index (κ1) is 12.9. The van der Waals surface area contributed by atoms with Crippen molar-refractivity contribution >= 4 is 0 Å². The van der Waals surface area contributed by atoms with E-state index in [0.717, 1.165) is 26.4 Å². The van der Waals surface area contributed by atoms with Gasteiger partial charge in [0.2, 0.25) is 0 Å². The zero-order valence-electron chi connectivity index (χ0n) is 10.1. The van der Waals surface area contributed by atoms with Gasteiger partial charge in [-0.2, -0.15) is 0 Å². The number of nitrogens with one attached hydrogen (secondary N) is 1. The molecule has 1 saturated heterocycles. The molecule has 0 radical (unpaired) electrons. The summed E-state index contributed by atoms with van der Waals surface area (Å²) in [5, 5.41) is 3.52. The summed E-state index contributed by atoms with van der Waals surface area (Å²) >= 11 is 0. The molecule has 1 aliphatic rings. The van der Waals surface area contributed by atoms with Crippen LogP contribution >= 0.6 is 0 Å². The van der Waals surface area contributed by atoms with Gasteiger partial charge in [-0.25, -0.2) is 0 Å². The summed E-state index contributed by atoms with van der Waals surface area (Å²) in [5.41, 5.74) is 0. The molecule has 1 heterocycles. The van der Waals surface area contributed by atoms with Gasteiger partial charge in [-0.1, -0.05) is 19.8 Å². The van der Waals surface area contributed by atoms with E-state index in [9.17, 15) is 0 Å². The number of rotatable bonds is 8. The van der Waals surface area contributed by atoms with Crippen molar-refractivity contribution in [3.63, 3.8) is 0 Å². The summed E-state index contributed by atoms with van der Waals surface area (Å²) in [7, 11) is 0. The van der Waals surface area contributed by atoms with E-state index in [1.807, 2.05) is 6.92 Å². The first-order valence-electron chi connectivity index (χ1n) is 6.29. The highest BCUT2D eigenvalue weighted by Crippen LogP contribution is 2.15. The Kier molecular flexibility index (Phi) is 6.98. The molecule has 0 aromatic rings. The second-order valence-corrected chi connectivity index (χ2v) is 4.17. The van der Waals surface area contributed by atoms with E-state index in [1.165, 1.54) is 25.7 Å². The van der Waals surface area contributed by atoms with E-state index in [1.54, 1.807) is 0 Å². The van der Waals surface area contributed by atoms with Crippen molar-refractivity contribution in [3.05, 3.63) is 0 Å². The van der Waals surface area contributed by atoms with Crippen LogP contribution < -0.4 is 5.32 Å². The second-order valence-electron chi connectivity index (χ2n) is 4.17. The fourth-order valence-corrected chi connectivity index (χ4v) is 2.00. The molecule has 2 atom stereocenters. The Morgan fingerprint density at radius 3 is 2.87 bits per heavy atom. The van der Waals surface area contributed by atoms with Crippen molar-refractivity contribution in [1.82, 2.24) is 5.32 Å². The van der Waals surface area contributed by atoms with Crippen LogP contribution in [0.15, 0.2) is 0 Å². The molecule has 3 heteroatoms. The highest BCUT2D eigenvalue weighted by Gasteiger charge is 2.23. The quantitative estimate of drug-likeness (QED) is 0.628. The zero-order valence-corrected chi connectivity index (χ0v) is 10.1. The van der Waals surface area contributed by atoms with Gasteiger partial charge >= 0.3 is 0 Å². The fourth-order valence-electron chi connectivity index (χ4n) is 2.00. The maximum absolute atomic E-state index is 5.73. The average molecular weight is 215 g/mol. The number of hydrogen-bond acceptors (Lipinski definition) is 3. The predicted octanol–water partition coefficient (Wildman–Crippen LogP) is 1.96. The lowest BCUT2D eigenvalue weighted by Gasteiger charge is -2.11. The first-order valence-corrected chi connectivity index (χ1v) is 6.29. The SMILES string of the molecule is CCCC[C@H]1C[C@@H](OCCOCC)CN1. The molecule has 0 aliphatic carbocycles. The molecular weight excluding hydrogens is 190 g/mol. The van der Waals surface area contributed by atoms with Gasteiger partial charge in [-0.15, -0.1) is 0 Å². The molecule has 0 aromatic carbocycles. The minimum absolute atomic E-state index is 0.410. The molecule has 0 saturated carbocycles. The smallest absolute Gasteiger partial charge is 0.0715 e. The van der Waals surface area contributed by atoms with E-state index in [4.69, 9.17) is 9.47 Å². The van der Waals surface area contributed by atoms with Crippen LogP contribution in [-0.2, 0) is 9.47 Å². The summed E-state index contributed by atoms with van der Waals surface area (Å²) in [4.78, 5) is 0. The lowest BCUT2D eigenvalue weighted by molar-refractivity contribution is 0.0152. The van der Waals surface area contributed by atoms with Crippen molar-refractivity contribution in [3.8, 4) is 0 Å². The van der Waals surface area contributed by atoms with Gasteiger partial charge in [0.05, 0.1) is 19.3 Å². The molecule has 0 amide bonds. The van der Waals surface area contributed by atoms with Gasteiger partial charge < -0.3 is 14.8 Å². The third-order valence-electron chi connectivity index (χ3n) is 2.87. The summed E-state index contributed by atoms with van der Waals surface area (Å²) in [6.07, 6.45) is 5.48. The third kappa shape index (κ3) is 5.50. The summed E-state index contributed by atoms with van der Waals surface area (Å²) < 4.78 is 11.0. The minimum atomic E-state index is 0.410. The molecule has 0 unspecified atom stereocenters. The van der Waals surface area contributed by atoms with E-state index in [0.29, 0.717) is 12.1 Å². The maximum atomic E-state index is 5.73. The minimum Gasteiger partial charge on any atom is -0.379 e. The van der Waals surface area contributed by atoms with Crippen LogP contribution in [0.4, 0.5) is 0 Å². The van der Waals surface area contributed by atoms with Crippen molar-refractivity contribution in [2.24, 2.45) is 0 Å². The molecular formula is C12H25NO2. The largest absolute Gasteiger partial charge is 0.379 e. The zero-order chi connectivity index (χ0) is 10.9. The van der Waals surface area contributed by atoms with Crippen molar-refractivity contribution < 1.29 is 9.47 Å². The summed E-state index contributed by atoms with van der Waals surface area (Å²) in [5.74, 6) is 0. The van der Waals surface area contributed by atoms with Crippen molar-refractivity contribution in [2.75, 3.05) is 26.4 Å². The summed E-state index contributed by atoms with van der Waals surface area (Å²) in [6.45, 7) is 7.52. The van der Waals surface area contributed by atoms with Gasteiger partial charge in [0.15, 0.2) is 0 Å². The van der Waals surface area contributed by atoms with E-state index in [2.05, 4.69) is 12.2 Å². The Hall–Kier alpha value is -0.120. The Morgan fingerprint density at radius 1 is 1.27 bits per heavy atom. The van der Waals surface area contributed by atoms with E-state index < -0.39 is 0 Å². The Balaban J connectivity index is 1.98. The maximum Gasteiger partial charge on any atom is 0.0715 e. The van der Waals surface area contributed by atoms with E-state index in [-0.39, 0.29) is 0 Å². The highest BCUT2D eigenvalue weighted by atomic mass is 16.5. The van der Waals surface area contributed by atoms with Gasteiger partial charge in [-0.05, 0) is 19.8 Å². The molecule has 1 N–H and O–H groups in total. The van der Waals surface area contributed by atoms with Crippen LogP contribution in [-0.4, -0.2) is 38.5 Å². The molecule has 15 heavy (non-hydrogen) atoms. The monoisotopic (exact) mass is 215 g/mol. The normalized spacial score (nSPS) is 26.0. The van der Waals surface area contributed by atoms with Gasteiger partial charge in [0, 0.05) is 19.2 Å². The Bertz CT molecular complexity index is 153. The molecule has 0 spiro atoms. The van der Waals surface area contributed by atoms with Crippen LogP contribution in [0.2, 0.25) is 0 Å². The van der Waals surface area contributed by atoms with Crippen LogP contribution in [0.5, 0.6) is 0 Å². The number of ether oxygens (including phenoxy) is 2. The molecule has 0 aromatic heterocycles. The molecule has 1 rings (SSSR count). The van der Waals surface area contributed by atoms with Gasteiger partial charge in [-0.3, -0.25) is 0 Å². The third-order valence-corrected chi connectivity index (χ3v) is 2.87. The Morgan fingerprint density at radius 2 is 2.13 bits per heavy atom. The standard InChI is InChI=1S/C12H25NO2/c1-3-5-6-11-9-12(10-13-11)15-8-7-14-4-2/h11-13H,3-10H2,1-2H3/t11-,12+/m0/s1. The molecule has 1 fully saturated rings. The first-order chi connectivity index (χ1) is 7.36. The van der Waals surface area contributed by atoms with Crippen molar-refractivity contribution in [2.45, 2.75) is 51.7 Å². The molecule has 90 valence electrons. The molecule has 0 bridgehead atoms. The summed E-state index contributed by atoms with van der Waals surface area (Å²) in [6, 6.07) is 0.682. The highest BCUT2D eigenvalue weighted by molar-refractivity contribution is 4.81. The molecule has 3 nitrogen and oxygen atoms in total. The predicted molar refractivity (Wildman–Crippen MR) is 62.2 cm³/mol. The molecule has 1 aliphatic heterocycles. The van der Waals surface area contributed by atoms with Crippen molar-refractivity contribution in [1.29, 1.82) is 0 Å². The van der Waals surface area contributed by atoms with Crippen LogP contribution in [0, 0.1) is 0 Å². The van der Waals surface area contributed by atoms with Crippen LogP contribution in [0.25, 0.3) is 0 Å². The number of hydrogen-bond donors (Lipinski definition) is 1.